The van der Waals surface area contributed by atoms with E-state index in [4.69, 9.17) is 9.73 Å². The summed E-state index contributed by atoms with van der Waals surface area (Å²) in [6.07, 6.45) is 8.75. The number of piperazine rings is 1. The van der Waals surface area contributed by atoms with Crippen LogP contribution in [0.2, 0.25) is 0 Å². The van der Waals surface area contributed by atoms with Crippen LogP contribution in [0.4, 0.5) is 0 Å². The monoisotopic (exact) mass is 560 g/mol. The van der Waals surface area contributed by atoms with Crippen LogP contribution in [0.3, 0.4) is 0 Å². The Labute approximate surface area is 238 Å². The molecular weight excluding hydrogens is 512 g/mol. The van der Waals surface area contributed by atoms with Crippen molar-refractivity contribution in [3.63, 3.8) is 0 Å². The molecule has 2 N–H and O–H groups in total. The largest absolute Gasteiger partial charge is 0.463 e. The van der Waals surface area contributed by atoms with Crippen molar-refractivity contribution in [1.82, 2.24) is 25.3 Å². The maximum Gasteiger partial charge on any atom is 0.288 e. The molecule has 2 aliphatic heterocycles. The number of nitrogens with one attached hydrogen (secondary N) is 2. The number of hydrogen-bond donors (Lipinski definition) is 2. The number of amides is 2. The van der Waals surface area contributed by atoms with Crippen molar-refractivity contribution in [2.24, 2.45) is 4.99 Å². The number of ether oxygens (including phenoxy) is 1. The number of nitrogens with zero attached hydrogens (tertiary/aromatic N) is 4. The van der Waals surface area contributed by atoms with Crippen molar-refractivity contribution in [3.8, 4) is 0 Å². The van der Waals surface area contributed by atoms with Gasteiger partial charge in [0.2, 0.25) is 11.8 Å². The van der Waals surface area contributed by atoms with Gasteiger partial charge in [-0.15, -0.1) is 11.3 Å². The van der Waals surface area contributed by atoms with E-state index in [-0.39, 0.29) is 23.4 Å². The summed E-state index contributed by atoms with van der Waals surface area (Å²) < 4.78 is 5.91. The zero-order valence-electron chi connectivity index (χ0n) is 24.3. The quantitative estimate of drug-likeness (QED) is 0.405. The minimum absolute atomic E-state index is 0.0518. The Bertz CT molecular complexity index is 960. The number of amidine groups is 1. The van der Waals surface area contributed by atoms with Crippen molar-refractivity contribution in [1.29, 1.82) is 0 Å². The Hall–Kier alpha value is -2.17. The molecule has 0 unspecified atom stereocenters. The lowest BCUT2D eigenvalue weighted by Crippen LogP contribution is -2.64. The van der Waals surface area contributed by atoms with Gasteiger partial charge < -0.3 is 30.1 Å². The van der Waals surface area contributed by atoms with E-state index in [9.17, 15) is 9.59 Å². The second-order valence-electron chi connectivity index (χ2n) is 12.1. The Morgan fingerprint density at radius 3 is 2.67 bits per heavy atom. The van der Waals surface area contributed by atoms with E-state index in [0.717, 1.165) is 43.5 Å². The Kier molecular flexibility index (Phi) is 10.7. The van der Waals surface area contributed by atoms with Gasteiger partial charge in [0.25, 0.3) is 6.02 Å². The zero-order valence-corrected chi connectivity index (χ0v) is 25.1. The zero-order chi connectivity index (χ0) is 27.8. The average molecular weight is 561 g/mol. The SMILES string of the molecule is CN(C)CCCC[C@@H](NC1CCCCC1)C(=O)N1CCN(C2=NC(C)(C)CO2)C[C@H]1C(=O)NCc1cccs1. The van der Waals surface area contributed by atoms with Crippen LogP contribution >= 0.6 is 11.3 Å². The third-order valence-corrected chi connectivity index (χ3v) is 8.77. The standard InChI is InChI=1S/C29H48N6O3S/c1-29(2)21-38-28(32-29)34-16-17-35(25(20-34)26(36)30-19-23-13-10-18-39-23)27(37)24(14-8-9-15-33(3)4)31-22-11-6-5-7-12-22/h10,13,18,22,24-25,31H,5-9,11-12,14-17,19-21H2,1-4H3,(H,30,36)/t24-,25+/m1/s1. The van der Waals surface area contributed by atoms with Crippen molar-refractivity contribution >= 4 is 29.2 Å². The smallest absolute Gasteiger partial charge is 0.288 e. The van der Waals surface area contributed by atoms with Crippen molar-refractivity contribution in [3.05, 3.63) is 22.4 Å². The maximum absolute atomic E-state index is 14.2. The molecule has 1 saturated carbocycles. The normalized spacial score (nSPS) is 22.5. The molecular formula is C29H48N6O3S. The molecule has 0 spiro atoms. The lowest BCUT2D eigenvalue weighted by molar-refractivity contribution is -0.145. The molecule has 3 aliphatic rings. The van der Waals surface area contributed by atoms with Crippen molar-refractivity contribution in [2.45, 2.75) is 95.4 Å². The van der Waals surface area contributed by atoms with Gasteiger partial charge in [-0.1, -0.05) is 31.7 Å². The Balaban J connectivity index is 1.49. The van der Waals surface area contributed by atoms with E-state index >= 15 is 0 Å². The van der Waals surface area contributed by atoms with Gasteiger partial charge in [-0.3, -0.25) is 9.59 Å². The molecule has 1 aliphatic carbocycles. The molecule has 0 aromatic carbocycles. The first-order valence-electron chi connectivity index (χ1n) is 14.7. The number of carbonyl (C=O) groups excluding carboxylic acids is 2. The molecule has 9 nitrogen and oxygen atoms in total. The lowest BCUT2D eigenvalue weighted by Gasteiger charge is -2.42. The van der Waals surface area contributed by atoms with E-state index in [1.807, 2.05) is 41.2 Å². The second-order valence-corrected chi connectivity index (χ2v) is 13.2. The highest BCUT2D eigenvalue weighted by molar-refractivity contribution is 7.09. The van der Waals surface area contributed by atoms with E-state index in [0.29, 0.717) is 44.8 Å². The van der Waals surface area contributed by atoms with Gasteiger partial charge in [-0.25, -0.2) is 4.99 Å². The van der Waals surface area contributed by atoms with Gasteiger partial charge in [0.15, 0.2) is 0 Å². The minimum Gasteiger partial charge on any atom is -0.463 e. The third-order valence-electron chi connectivity index (χ3n) is 7.89. The van der Waals surface area contributed by atoms with Gasteiger partial charge in [-0.2, -0.15) is 0 Å². The van der Waals surface area contributed by atoms with Crippen LogP contribution in [0, 0.1) is 0 Å². The van der Waals surface area contributed by atoms with Crippen LogP contribution < -0.4 is 10.6 Å². The summed E-state index contributed by atoms with van der Waals surface area (Å²) in [5.74, 6) is -0.0701. The molecule has 1 saturated heterocycles. The number of aliphatic imine (C=N–C) groups is 1. The summed E-state index contributed by atoms with van der Waals surface area (Å²) in [7, 11) is 4.17. The molecule has 2 amide bonds. The van der Waals surface area contributed by atoms with E-state index < -0.39 is 6.04 Å². The molecule has 2 atom stereocenters. The maximum atomic E-state index is 14.2. The van der Waals surface area contributed by atoms with E-state index in [1.54, 1.807) is 11.3 Å². The number of rotatable bonds is 11. The Morgan fingerprint density at radius 1 is 1.21 bits per heavy atom. The molecule has 1 aromatic heterocycles. The Morgan fingerprint density at radius 2 is 2.00 bits per heavy atom. The number of thiophene rings is 1. The summed E-state index contributed by atoms with van der Waals surface area (Å²) in [5, 5.41) is 8.84. The van der Waals surface area contributed by atoms with Crippen molar-refractivity contribution in [2.75, 3.05) is 46.9 Å². The van der Waals surface area contributed by atoms with Gasteiger partial charge in [0.1, 0.15) is 12.6 Å². The van der Waals surface area contributed by atoms with Crippen LogP contribution in [0.15, 0.2) is 22.5 Å². The van der Waals surface area contributed by atoms with E-state index in [2.05, 4.69) is 29.6 Å². The highest BCUT2D eigenvalue weighted by Gasteiger charge is 2.41. The number of unbranched alkanes of at least 4 members (excludes halogenated alkanes) is 1. The fraction of sp³-hybridized carbons (Fsp3) is 0.759. The van der Waals surface area contributed by atoms with Crippen LogP contribution in [0.1, 0.15) is 70.1 Å². The lowest BCUT2D eigenvalue weighted by atomic mass is 9.94. The number of carbonyl (C=O) groups is 2. The predicted octanol–water partition coefficient (Wildman–Crippen LogP) is 3.06. The summed E-state index contributed by atoms with van der Waals surface area (Å²) in [4.78, 5) is 39.7. The van der Waals surface area contributed by atoms with Crippen LogP contribution in [-0.2, 0) is 20.9 Å². The van der Waals surface area contributed by atoms with Crippen LogP contribution in [-0.4, -0.2) is 103 Å². The van der Waals surface area contributed by atoms with Crippen LogP contribution in [0.25, 0.3) is 0 Å². The van der Waals surface area contributed by atoms with Gasteiger partial charge >= 0.3 is 0 Å². The third kappa shape index (κ3) is 8.66. The van der Waals surface area contributed by atoms with Gasteiger partial charge in [0, 0.05) is 24.0 Å². The molecule has 2 fully saturated rings. The first-order valence-corrected chi connectivity index (χ1v) is 15.6. The fourth-order valence-electron chi connectivity index (χ4n) is 5.69. The van der Waals surface area contributed by atoms with Crippen LogP contribution in [0.5, 0.6) is 0 Å². The summed E-state index contributed by atoms with van der Waals surface area (Å²) in [6, 6.07) is 4.09. The first-order chi connectivity index (χ1) is 18.7. The summed E-state index contributed by atoms with van der Waals surface area (Å²) >= 11 is 1.62. The average Bonchev–Trinajstić information content (AvgIpc) is 3.58. The molecule has 4 rings (SSSR count). The summed E-state index contributed by atoms with van der Waals surface area (Å²) in [6.45, 7) is 7.55. The van der Waals surface area contributed by atoms with Gasteiger partial charge in [-0.05, 0) is 71.6 Å². The summed E-state index contributed by atoms with van der Waals surface area (Å²) in [5.41, 5.74) is -0.277. The molecule has 0 bridgehead atoms. The first kappa shape index (κ1) is 29.8. The molecule has 39 heavy (non-hydrogen) atoms. The molecule has 10 heteroatoms. The fourth-order valence-corrected chi connectivity index (χ4v) is 6.33. The van der Waals surface area contributed by atoms with Gasteiger partial charge in [0.05, 0.1) is 24.7 Å². The highest BCUT2D eigenvalue weighted by atomic mass is 32.1. The topological polar surface area (TPSA) is 89.5 Å². The molecule has 218 valence electrons. The number of hydrogen-bond acceptors (Lipinski definition) is 8. The molecule has 1 aromatic rings. The van der Waals surface area contributed by atoms with Crippen molar-refractivity contribution < 1.29 is 14.3 Å². The highest BCUT2D eigenvalue weighted by Crippen LogP contribution is 2.23. The second kappa shape index (κ2) is 13.9. The van der Waals surface area contributed by atoms with E-state index in [1.165, 1.54) is 19.3 Å². The predicted molar refractivity (Wildman–Crippen MR) is 157 cm³/mol. The minimum atomic E-state index is -0.598. The molecule has 3 heterocycles. The molecule has 0 radical (unpaired) electrons.